The second-order valence-electron chi connectivity index (χ2n) is 6.79. The number of aryl methyl sites for hydroxylation is 1. The van der Waals surface area contributed by atoms with Crippen LogP contribution >= 0.6 is 12.4 Å². The topological polar surface area (TPSA) is 54.0 Å². The van der Waals surface area contributed by atoms with Crippen molar-refractivity contribution in [2.45, 2.75) is 25.3 Å². The predicted molar refractivity (Wildman–Crippen MR) is 105 cm³/mol. The van der Waals surface area contributed by atoms with Crippen LogP contribution in [0, 0.1) is 0 Å². The van der Waals surface area contributed by atoms with E-state index in [0.29, 0.717) is 18.9 Å². The lowest BCUT2D eigenvalue weighted by molar-refractivity contribution is -0.130. The van der Waals surface area contributed by atoms with Crippen molar-refractivity contribution >= 4 is 18.3 Å². The zero-order valence-corrected chi connectivity index (χ0v) is 16.5. The number of carbonyl (C=O) groups excluding carboxylic acids is 1. The number of hydrogen-bond acceptors (Lipinski definition) is 5. The molecule has 2 heterocycles. The zero-order valence-electron chi connectivity index (χ0n) is 15.7. The summed E-state index contributed by atoms with van der Waals surface area (Å²) in [5, 5.41) is 3.39. The fourth-order valence-corrected chi connectivity index (χ4v) is 3.73. The second kappa shape index (κ2) is 10.00. The molecule has 2 aliphatic heterocycles. The van der Waals surface area contributed by atoms with Gasteiger partial charge in [0, 0.05) is 57.8 Å². The number of nitrogens with zero attached hydrogens (tertiary/aromatic N) is 2. The molecule has 1 atom stereocenters. The third kappa shape index (κ3) is 5.25. The third-order valence-corrected chi connectivity index (χ3v) is 5.22. The average molecular weight is 384 g/mol. The molecule has 1 N–H and O–H groups in total. The van der Waals surface area contributed by atoms with Crippen LogP contribution in [-0.4, -0.2) is 75.2 Å². The molecule has 146 valence electrons. The van der Waals surface area contributed by atoms with Gasteiger partial charge in [-0.3, -0.25) is 9.69 Å². The quantitative estimate of drug-likeness (QED) is 0.808. The molecular weight excluding hydrogens is 354 g/mol. The van der Waals surface area contributed by atoms with Crippen molar-refractivity contribution in [3.8, 4) is 11.5 Å². The SMILES string of the molecule is COc1cc(CCC(=O)N2CCC(N3CCNCC3)C2)cc(OC)c1.Cl. The summed E-state index contributed by atoms with van der Waals surface area (Å²) in [5.41, 5.74) is 1.07. The Morgan fingerprint density at radius 3 is 2.38 bits per heavy atom. The Labute approximate surface area is 162 Å². The Hall–Kier alpha value is -1.50. The van der Waals surface area contributed by atoms with E-state index in [1.807, 2.05) is 23.1 Å². The standard InChI is InChI=1S/C19H29N3O3.ClH/c1-24-17-11-15(12-18(13-17)25-2)3-4-19(23)22-8-5-16(14-22)21-9-6-20-7-10-21;/h11-13,16,20H,3-10,14H2,1-2H3;1H. The van der Waals surface area contributed by atoms with E-state index < -0.39 is 0 Å². The smallest absolute Gasteiger partial charge is 0.222 e. The fourth-order valence-electron chi connectivity index (χ4n) is 3.73. The van der Waals surface area contributed by atoms with Crippen molar-refractivity contribution in [1.82, 2.24) is 15.1 Å². The van der Waals surface area contributed by atoms with E-state index in [9.17, 15) is 4.79 Å². The number of piperazine rings is 1. The molecule has 26 heavy (non-hydrogen) atoms. The minimum Gasteiger partial charge on any atom is -0.497 e. The minimum absolute atomic E-state index is 0. The van der Waals surface area contributed by atoms with Crippen LogP contribution in [0.3, 0.4) is 0 Å². The highest BCUT2D eigenvalue weighted by atomic mass is 35.5. The average Bonchev–Trinajstić information content (AvgIpc) is 3.16. The third-order valence-electron chi connectivity index (χ3n) is 5.22. The van der Waals surface area contributed by atoms with Crippen molar-refractivity contribution < 1.29 is 14.3 Å². The summed E-state index contributed by atoms with van der Waals surface area (Å²) >= 11 is 0. The minimum atomic E-state index is 0. The van der Waals surface area contributed by atoms with Crippen LogP contribution < -0.4 is 14.8 Å². The van der Waals surface area contributed by atoms with Crippen LogP contribution in [-0.2, 0) is 11.2 Å². The molecule has 1 aromatic carbocycles. The number of ether oxygens (including phenoxy) is 2. The molecule has 6 nitrogen and oxygen atoms in total. The monoisotopic (exact) mass is 383 g/mol. The summed E-state index contributed by atoms with van der Waals surface area (Å²) < 4.78 is 10.6. The molecule has 0 aliphatic carbocycles. The van der Waals surface area contributed by atoms with Gasteiger partial charge in [-0.15, -0.1) is 12.4 Å². The molecule has 2 fully saturated rings. The predicted octanol–water partition coefficient (Wildman–Crippen LogP) is 1.56. The first-order valence-corrected chi connectivity index (χ1v) is 9.14. The van der Waals surface area contributed by atoms with Gasteiger partial charge >= 0.3 is 0 Å². The molecule has 0 saturated carbocycles. The van der Waals surface area contributed by atoms with Gasteiger partial charge in [0.1, 0.15) is 11.5 Å². The van der Waals surface area contributed by atoms with Gasteiger partial charge < -0.3 is 19.7 Å². The van der Waals surface area contributed by atoms with Gasteiger partial charge in [0.15, 0.2) is 0 Å². The maximum absolute atomic E-state index is 12.6. The van der Waals surface area contributed by atoms with Gasteiger partial charge in [0.05, 0.1) is 14.2 Å². The lowest BCUT2D eigenvalue weighted by atomic mass is 10.1. The van der Waals surface area contributed by atoms with Crippen LogP contribution in [0.5, 0.6) is 11.5 Å². The first kappa shape index (κ1) is 20.8. The van der Waals surface area contributed by atoms with Crippen LogP contribution in [0.2, 0.25) is 0 Å². The molecule has 1 unspecified atom stereocenters. The lowest BCUT2D eigenvalue weighted by Crippen LogP contribution is -2.49. The van der Waals surface area contributed by atoms with Gasteiger partial charge in [0.25, 0.3) is 0 Å². The van der Waals surface area contributed by atoms with Crippen molar-refractivity contribution in [2.75, 3.05) is 53.5 Å². The summed E-state index contributed by atoms with van der Waals surface area (Å²) in [6.07, 6.45) is 2.34. The number of nitrogens with one attached hydrogen (secondary N) is 1. The molecule has 0 bridgehead atoms. The molecule has 2 saturated heterocycles. The van der Waals surface area contributed by atoms with Crippen LogP contribution in [0.1, 0.15) is 18.4 Å². The number of benzene rings is 1. The summed E-state index contributed by atoms with van der Waals surface area (Å²) in [5.74, 6) is 1.78. The molecular formula is C19H30ClN3O3. The van der Waals surface area contributed by atoms with E-state index in [1.165, 1.54) is 0 Å². The van der Waals surface area contributed by atoms with E-state index >= 15 is 0 Å². The zero-order chi connectivity index (χ0) is 17.6. The van der Waals surface area contributed by atoms with Crippen molar-refractivity contribution in [3.05, 3.63) is 23.8 Å². The molecule has 1 amide bonds. The van der Waals surface area contributed by atoms with E-state index in [1.54, 1.807) is 14.2 Å². The number of amides is 1. The summed E-state index contributed by atoms with van der Waals surface area (Å²) in [6, 6.07) is 6.33. The maximum atomic E-state index is 12.6. The number of carbonyl (C=O) groups is 1. The van der Waals surface area contributed by atoms with Gasteiger partial charge in [-0.05, 0) is 30.5 Å². The number of methoxy groups -OCH3 is 2. The van der Waals surface area contributed by atoms with Crippen LogP contribution in [0.4, 0.5) is 0 Å². The lowest BCUT2D eigenvalue weighted by Gasteiger charge is -2.32. The molecule has 2 aliphatic rings. The van der Waals surface area contributed by atoms with Crippen LogP contribution in [0.25, 0.3) is 0 Å². The highest BCUT2D eigenvalue weighted by molar-refractivity contribution is 5.85. The van der Waals surface area contributed by atoms with Crippen molar-refractivity contribution in [3.63, 3.8) is 0 Å². The molecule has 1 aromatic rings. The van der Waals surface area contributed by atoms with E-state index in [2.05, 4.69) is 10.2 Å². The first-order valence-electron chi connectivity index (χ1n) is 9.14. The van der Waals surface area contributed by atoms with Gasteiger partial charge in [-0.2, -0.15) is 0 Å². The first-order chi connectivity index (χ1) is 12.2. The highest BCUT2D eigenvalue weighted by Gasteiger charge is 2.30. The summed E-state index contributed by atoms with van der Waals surface area (Å²) in [4.78, 5) is 17.1. The fraction of sp³-hybridized carbons (Fsp3) is 0.632. The summed E-state index contributed by atoms with van der Waals surface area (Å²) in [7, 11) is 3.29. The normalized spacial score (nSPS) is 20.5. The Bertz CT molecular complexity index is 571. The number of halogens is 1. The van der Waals surface area contributed by atoms with Crippen molar-refractivity contribution in [1.29, 1.82) is 0 Å². The highest BCUT2D eigenvalue weighted by Crippen LogP contribution is 2.24. The Morgan fingerprint density at radius 1 is 1.12 bits per heavy atom. The Kier molecular flexibility index (Phi) is 8.00. The molecule has 0 radical (unpaired) electrons. The van der Waals surface area contributed by atoms with Gasteiger partial charge in [-0.25, -0.2) is 0 Å². The van der Waals surface area contributed by atoms with Crippen LogP contribution in [0.15, 0.2) is 18.2 Å². The van der Waals surface area contributed by atoms with E-state index in [4.69, 9.17) is 9.47 Å². The Balaban J connectivity index is 0.00000243. The molecule has 3 rings (SSSR count). The van der Waals surface area contributed by atoms with Gasteiger partial charge in [0.2, 0.25) is 5.91 Å². The van der Waals surface area contributed by atoms with E-state index in [-0.39, 0.29) is 18.3 Å². The van der Waals surface area contributed by atoms with Gasteiger partial charge in [-0.1, -0.05) is 0 Å². The molecule has 7 heteroatoms. The summed E-state index contributed by atoms with van der Waals surface area (Å²) in [6.45, 7) is 6.06. The van der Waals surface area contributed by atoms with Crippen molar-refractivity contribution in [2.24, 2.45) is 0 Å². The number of likely N-dealkylation sites (tertiary alicyclic amines) is 1. The number of rotatable bonds is 6. The molecule has 0 spiro atoms. The molecule has 0 aromatic heterocycles. The Morgan fingerprint density at radius 2 is 1.77 bits per heavy atom. The largest absolute Gasteiger partial charge is 0.497 e. The van der Waals surface area contributed by atoms with E-state index in [0.717, 1.165) is 62.8 Å². The maximum Gasteiger partial charge on any atom is 0.222 e. The number of hydrogen-bond donors (Lipinski definition) is 1. The second-order valence-corrected chi connectivity index (χ2v) is 6.79.